The van der Waals surface area contributed by atoms with Crippen molar-refractivity contribution in [3.8, 4) is 0 Å². The molecule has 0 saturated heterocycles. The first-order chi connectivity index (χ1) is 10.0. The van der Waals surface area contributed by atoms with Crippen molar-refractivity contribution in [3.63, 3.8) is 0 Å². The van der Waals surface area contributed by atoms with E-state index in [0.29, 0.717) is 23.6 Å². The van der Waals surface area contributed by atoms with Crippen LogP contribution in [0.25, 0.3) is 0 Å². The molecule has 0 aliphatic heterocycles. The van der Waals surface area contributed by atoms with E-state index in [2.05, 4.69) is 10.3 Å². The van der Waals surface area contributed by atoms with Crippen LogP contribution >= 0.6 is 22.9 Å². The molecule has 0 aliphatic rings. The number of benzene rings is 1. The third-order valence-corrected chi connectivity index (χ3v) is 4.19. The van der Waals surface area contributed by atoms with Gasteiger partial charge in [-0.05, 0) is 24.6 Å². The fourth-order valence-electron chi connectivity index (χ4n) is 1.88. The van der Waals surface area contributed by atoms with E-state index in [1.54, 1.807) is 35.6 Å². The van der Waals surface area contributed by atoms with Crippen molar-refractivity contribution >= 4 is 28.8 Å². The first-order valence-corrected chi connectivity index (χ1v) is 7.85. The van der Waals surface area contributed by atoms with E-state index in [0.717, 1.165) is 9.88 Å². The number of nitrogens with zero attached hydrogens (tertiary/aromatic N) is 1. The summed E-state index contributed by atoms with van der Waals surface area (Å²) in [6, 6.07) is 6.84. The minimum absolute atomic E-state index is 0.0402. The number of halogens is 1. The Hall–Kier alpha value is -1.43. The van der Waals surface area contributed by atoms with Crippen molar-refractivity contribution in [2.45, 2.75) is 25.9 Å². The third kappa shape index (κ3) is 5.12. The fraction of sp³-hybridized carbons (Fsp3) is 0.333. The topological polar surface area (TPSA) is 62.2 Å². The van der Waals surface area contributed by atoms with Crippen LogP contribution in [0, 0.1) is 6.92 Å². The molecule has 1 amide bonds. The van der Waals surface area contributed by atoms with Gasteiger partial charge >= 0.3 is 0 Å². The number of aliphatic hydroxyl groups is 1. The smallest absolute Gasteiger partial charge is 0.222 e. The highest BCUT2D eigenvalue weighted by atomic mass is 35.5. The Morgan fingerprint density at radius 2 is 2.14 bits per heavy atom. The first kappa shape index (κ1) is 15.9. The molecule has 2 rings (SSSR count). The molecule has 0 aliphatic carbocycles. The predicted octanol–water partition coefficient (Wildman–Crippen LogP) is 2.89. The number of hydrogen-bond donors (Lipinski definition) is 2. The quantitative estimate of drug-likeness (QED) is 0.859. The van der Waals surface area contributed by atoms with E-state index in [1.807, 2.05) is 13.1 Å². The molecular formula is C15H17ClN2O2S. The number of thiazole rings is 1. The molecule has 0 fully saturated rings. The van der Waals surface area contributed by atoms with Crippen molar-refractivity contribution in [1.29, 1.82) is 0 Å². The van der Waals surface area contributed by atoms with Crippen LogP contribution in [0.1, 0.15) is 28.0 Å². The second-order valence-corrected chi connectivity index (χ2v) is 6.49. The Balaban J connectivity index is 1.75. The maximum absolute atomic E-state index is 11.8. The molecule has 4 nitrogen and oxygen atoms in total. The highest BCUT2D eigenvalue weighted by molar-refractivity contribution is 7.11. The first-order valence-electron chi connectivity index (χ1n) is 6.66. The van der Waals surface area contributed by atoms with Crippen LogP contribution in [0.15, 0.2) is 30.5 Å². The SMILES string of the molecule is Cc1cnc(CCNC(=O)CC(O)c2ccc(Cl)cc2)s1. The number of carbonyl (C=O) groups is 1. The Bertz CT molecular complexity index is 598. The maximum Gasteiger partial charge on any atom is 0.222 e. The number of amides is 1. The molecule has 6 heteroatoms. The van der Waals surface area contributed by atoms with Gasteiger partial charge in [-0.1, -0.05) is 23.7 Å². The summed E-state index contributed by atoms with van der Waals surface area (Å²) >= 11 is 7.41. The van der Waals surface area contributed by atoms with Crippen LogP contribution in [0.4, 0.5) is 0 Å². The summed E-state index contributed by atoms with van der Waals surface area (Å²) in [4.78, 5) is 17.2. The van der Waals surface area contributed by atoms with E-state index >= 15 is 0 Å². The Labute approximate surface area is 132 Å². The lowest BCUT2D eigenvalue weighted by molar-refractivity contribution is -0.123. The highest BCUT2D eigenvalue weighted by Crippen LogP contribution is 2.19. The largest absolute Gasteiger partial charge is 0.388 e. The molecule has 21 heavy (non-hydrogen) atoms. The second kappa shape index (κ2) is 7.54. The molecule has 2 N–H and O–H groups in total. The second-order valence-electron chi connectivity index (χ2n) is 4.74. The summed E-state index contributed by atoms with van der Waals surface area (Å²) in [5.74, 6) is -0.175. The van der Waals surface area contributed by atoms with E-state index in [-0.39, 0.29) is 12.3 Å². The highest BCUT2D eigenvalue weighted by Gasteiger charge is 2.12. The monoisotopic (exact) mass is 324 g/mol. The molecule has 0 bridgehead atoms. The number of rotatable bonds is 6. The van der Waals surface area contributed by atoms with Crippen molar-refractivity contribution in [3.05, 3.63) is 50.9 Å². The van der Waals surface area contributed by atoms with Crippen LogP contribution in [-0.4, -0.2) is 22.5 Å². The molecule has 1 aromatic heterocycles. The molecule has 112 valence electrons. The molecule has 1 unspecified atom stereocenters. The van der Waals surface area contributed by atoms with Gasteiger partial charge in [-0.2, -0.15) is 0 Å². The van der Waals surface area contributed by atoms with E-state index in [1.165, 1.54) is 0 Å². The third-order valence-electron chi connectivity index (χ3n) is 2.96. The van der Waals surface area contributed by atoms with Gasteiger partial charge in [0.05, 0.1) is 17.5 Å². The standard InChI is InChI=1S/C15H17ClN2O2S/c1-10-9-18-15(21-10)6-7-17-14(20)8-13(19)11-2-4-12(16)5-3-11/h2-5,9,13,19H,6-8H2,1H3,(H,17,20). The summed E-state index contributed by atoms with van der Waals surface area (Å²) in [7, 11) is 0. The lowest BCUT2D eigenvalue weighted by Crippen LogP contribution is -2.27. The van der Waals surface area contributed by atoms with E-state index < -0.39 is 6.10 Å². The van der Waals surface area contributed by atoms with Gasteiger partial charge in [0.15, 0.2) is 0 Å². The number of carbonyl (C=O) groups excluding carboxylic acids is 1. The Kier molecular flexibility index (Phi) is 5.73. The van der Waals surface area contributed by atoms with Crippen molar-refractivity contribution in [1.82, 2.24) is 10.3 Å². The van der Waals surface area contributed by atoms with Gasteiger partial charge in [0.2, 0.25) is 5.91 Å². The van der Waals surface area contributed by atoms with Crippen molar-refractivity contribution in [2.24, 2.45) is 0 Å². The zero-order valence-corrected chi connectivity index (χ0v) is 13.2. The molecule has 2 aromatic rings. The summed E-state index contributed by atoms with van der Waals surface area (Å²) in [6.07, 6.45) is 1.76. The number of aromatic nitrogens is 1. The molecule has 1 atom stereocenters. The average molecular weight is 325 g/mol. The molecule has 0 spiro atoms. The Morgan fingerprint density at radius 1 is 1.43 bits per heavy atom. The van der Waals surface area contributed by atoms with Gasteiger partial charge in [-0.25, -0.2) is 4.98 Å². The van der Waals surface area contributed by atoms with Crippen LogP contribution in [0.5, 0.6) is 0 Å². The van der Waals surface area contributed by atoms with Gasteiger partial charge in [0.1, 0.15) is 0 Å². The molecular weight excluding hydrogens is 308 g/mol. The maximum atomic E-state index is 11.8. The summed E-state index contributed by atoms with van der Waals surface area (Å²) < 4.78 is 0. The Morgan fingerprint density at radius 3 is 2.76 bits per heavy atom. The van der Waals surface area contributed by atoms with Gasteiger partial charge in [-0.15, -0.1) is 11.3 Å². The van der Waals surface area contributed by atoms with Gasteiger partial charge in [0, 0.05) is 29.1 Å². The normalized spacial score (nSPS) is 12.1. The van der Waals surface area contributed by atoms with Crippen molar-refractivity contribution in [2.75, 3.05) is 6.54 Å². The van der Waals surface area contributed by atoms with Crippen LogP contribution in [0.3, 0.4) is 0 Å². The lowest BCUT2D eigenvalue weighted by Gasteiger charge is -2.11. The summed E-state index contributed by atoms with van der Waals surface area (Å²) in [5, 5.41) is 14.4. The van der Waals surface area contributed by atoms with E-state index in [4.69, 9.17) is 11.6 Å². The molecule has 0 radical (unpaired) electrons. The summed E-state index contributed by atoms with van der Waals surface area (Å²) in [5.41, 5.74) is 0.685. The minimum Gasteiger partial charge on any atom is -0.388 e. The number of aliphatic hydroxyl groups excluding tert-OH is 1. The van der Waals surface area contributed by atoms with Crippen LogP contribution in [-0.2, 0) is 11.2 Å². The van der Waals surface area contributed by atoms with Crippen LogP contribution < -0.4 is 5.32 Å². The average Bonchev–Trinajstić information content (AvgIpc) is 2.85. The lowest BCUT2D eigenvalue weighted by atomic mass is 10.1. The molecule has 0 saturated carbocycles. The van der Waals surface area contributed by atoms with Gasteiger partial charge in [0.25, 0.3) is 0 Å². The zero-order valence-electron chi connectivity index (χ0n) is 11.7. The van der Waals surface area contributed by atoms with Crippen molar-refractivity contribution < 1.29 is 9.90 Å². The molecule has 1 aromatic carbocycles. The zero-order chi connectivity index (χ0) is 15.2. The fourth-order valence-corrected chi connectivity index (χ4v) is 2.79. The summed E-state index contributed by atoms with van der Waals surface area (Å²) in [6.45, 7) is 2.53. The number of nitrogens with one attached hydrogen (secondary N) is 1. The van der Waals surface area contributed by atoms with Gasteiger partial charge < -0.3 is 10.4 Å². The predicted molar refractivity (Wildman–Crippen MR) is 84.6 cm³/mol. The molecule has 1 heterocycles. The number of hydrogen-bond acceptors (Lipinski definition) is 4. The van der Waals surface area contributed by atoms with Gasteiger partial charge in [-0.3, -0.25) is 4.79 Å². The van der Waals surface area contributed by atoms with Crippen LogP contribution in [0.2, 0.25) is 5.02 Å². The number of aryl methyl sites for hydroxylation is 1. The minimum atomic E-state index is -0.815. The van der Waals surface area contributed by atoms with E-state index in [9.17, 15) is 9.90 Å².